The molecule has 0 spiro atoms. The van der Waals surface area contributed by atoms with Gasteiger partial charge in [0.2, 0.25) is 0 Å². The maximum absolute atomic E-state index is 6.24. The van der Waals surface area contributed by atoms with Crippen molar-refractivity contribution in [1.82, 2.24) is 4.98 Å². The predicted octanol–water partition coefficient (Wildman–Crippen LogP) is 2.82. The van der Waals surface area contributed by atoms with Gasteiger partial charge in [-0.1, -0.05) is 19.5 Å². The molecule has 0 heterocycles. The van der Waals surface area contributed by atoms with Crippen LogP contribution in [0.1, 0.15) is 19.3 Å². The SMILES string of the molecule is CN[Si](C)(C)CC1CCCC1Cl. The van der Waals surface area contributed by atoms with E-state index >= 15 is 0 Å². The third-order valence-electron chi connectivity index (χ3n) is 3.02. The topological polar surface area (TPSA) is 12.0 Å². The van der Waals surface area contributed by atoms with Crippen LogP contribution in [0.15, 0.2) is 0 Å². The zero-order valence-electron chi connectivity index (χ0n) is 8.36. The molecular formula is C9H20ClNSi. The van der Waals surface area contributed by atoms with Gasteiger partial charge in [0.1, 0.15) is 8.24 Å². The van der Waals surface area contributed by atoms with Crippen LogP contribution in [0.4, 0.5) is 0 Å². The third-order valence-corrected chi connectivity index (χ3v) is 6.49. The van der Waals surface area contributed by atoms with Crippen LogP contribution in [0.5, 0.6) is 0 Å². The lowest BCUT2D eigenvalue weighted by Crippen LogP contribution is -2.43. The molecule has 72 valence electrons. The van der Waals surface area contributed by atoms with Gasteiger partial charge in [0.15, 0.2) is 0 Å². The van der Waals surface area contributed by atoms with Gasteiger partial charge in [-0.15, -0.1) is 11.6 Å². The first-order valence-corrected chi connectivity index (χ1v) is 8.52. The van der Waals surface area contributed by atoms with E-state index in [1.54, 1.807) is 0 Å². The van der Waals surface area contributed by atoms with Crippen molar-refractivity contribution in [2.24, 2.45) is 5.92 Å². The molecule has 12 heavy (non-hydrogen) atoms. The monoisotopic (exact) mass is 205 g/mol. The fourth-order valence-corrected chi connectivity index (χ4v) is 4.50. The molecule has 0 aromatic rings. The molecule has 0 amide bonds. The molecule has 1 fully saturated rings. The Labute approximate surface area is 82.0 Å². The van der Waals surface area contributed by atoms with E-state index in [4.69, 9.17) is 11.6 Å². The van der Waals surface area contributed by atoms with Crippen LogP contribution in [0.25, 0.3) is 0 Å². The second-order valence-corrected chi connectivity index (χ2v) is 9.78. The lowest BCUT2D eigenvalue weighted by molar-refractivity contribution is 0.604. The summed E-state index contributed by atoms with van der Waals surface area (Å²) in [6.07, 6.45) is 3.93. The Bertz CT molecular complexity index is 149. The zero-order valence-corrected chi connectivity index (χ0v) is 10.1. The van der Waals surface area contributed by atoms with Crippen molar-refractivity contribution >= 4 is 19.8 Å². The van der Waals surface area contributed by atoms with E-state index in [9.17, 15) is 0 Å². The van der Waals surface area contributed by atoms with Crippen molar-refractivity contribution in [3.05, 3.63) is 0 Å². The molecule has 1 aliphatic rings. The normalized spacial score (nSPS) is 31.0. The van der Waals surface area contributed by atoms with Gasteiger partial charge in [-0.05, 0) is 31.9 Å². The summed E-state index contributed by atoms with van der Waals surface area (Å²) in [4.78, 5) is 3.47. The lowest BCUT2D eigenvalue weighted by atomic mass is 10.1. The van der Waals surface area contributed by atoms with E-state index in [1.807, 2.05) is 0 Å². The minimum absolute atomic E-state index is 0.463. The quantitative estimate of drug-likeness (QED) is 0.552. The van der Waals surface area contributed by atoms with Gasteiger partial charge in [0, 0.05) is 5.38 Å². The smallest absolute Gasteiger partial charge is 0.119 e. The highest BCUT2D eigenvalue weighted by Gasteiger charge is 2.31. The fourth-order valence-electron chi connectivity index (χ4n) is 1.98. The van der Waals surface area contributed by atoms with Crippen molar-refractivity contribution in [1.29, 1.82) is 0 Å². The Morgan fingerprint density at radius 3 is 2.50 bits per heavy atom. The summed E-state index contributed by atoms with van der Waals surface area (Å²) in [5.41, 5.74) is 0. The summed E-state index contributed by atoms with van der Waals surface area (Å²) in [5.74, 6) is 0.792. The molecule has 0 saturated heterocycles. The van der Waals surface area contributed by atoms with Crippen LogP contribution in [-0.2, 0) is 0 Å². The fraction of sp³-hybridized carbons (Fsp3) is 1.00. The van der Waals surface area contributed by atoms with E-state index in [0.717, 1.165) is 5.92 Å². The second kappa shape index (κ2) is 4.12. The molecule has 0 bridgehead atoms. The third kappa shape index (κ3) is 2.75. The van der Waals surface area contributed by atoms with Crippen LogP contribution < -0.4 is 4.98 Å². The van der Waals surface area contributed by atoms with Crippen molar-refractivity contribution in [2.45, 2.75) is 43.8 Å². The van der Waals surface area contributed by atoms with Gasteiger partial charge in [0.25, 0.3) is 0 Å². The molecule has 0 aromatic carbocycles. The van der Waals surface area contributed by atoms with Gasteiger partial charge in [-0.25, -0.2) is 0 Å². The van der Waals surface area contributed by atoms with Gasteiger partial charge in [-0.3, -0.25) is 0 Å². The summed E-state index contributed by atoms with van der Waals surface area (Å²) >= 11 is 6.24. The van der Waals surface area contributed by atoms with E-state index in [2.05, 4.69) is 25.1 Å². The molecule has 1 rings (SSSR count). The van der Waals surface area contributed by atoms with Crippen LogP contribution in [0.3, 0.4) is 0 Å². The minimum atomic E-state index is -1.12. The Kier molecular flexibility index (Phi) is 3.62. The van der Waals surface area contributed by atoms with Crippen molar-refractivity contribution < 1.29 is 0 Å². The Morgan fingerprint density at radius 1 is 1.42 bits per heavy atom. The van der Waals surface area contributed by atoms with E-state index < -0.39 is 8.24 Å². The number of hydrogen-bond donors (Lipinski definition) is 1. The molecule has 0 aromatic heterocycles. The largest absolute Gasteiger partial charge is 0.340 e. The first-order chi connectivity index (χ1) is 5.55. The van der Waals surface area contributed by atoms with Crippen molar-refractivity contribution in [3.63, 3.8) is 0 Å². The molecule has 1 nitrogen and oxygen atoms in total. The highest BCUT2D eigenvalue weighted by Crippen LogP contribution is 2.35. The predicted molar refractivity (Wildman–Crippen MR) is 58.3 cm³/mol. The van der Waals surface area contributed by atoms with Gasteiger partial charge >= 0.3 is 0 Å². The van der Waals surface area contributed by atoms with Crippen LogP contribution in [0, 0.1) is 5.92 Å². The molecular weight excluding hydrogens is 186 g/mol. The highest BCUT2D eigenvalue weighted by molar-refractivity contribution is 6.75. The molecule has 2 unspecified atom stereocenters. The number of halogens is 1. The van der Waals surface area contributed by atoms with Crippen molar-refractivity contribution in [2.75, 3.05) is 7.05 Å². The number of hydrogen-bond acceptors (Lipinski definition) is 1. The first-order valence-electron chi connectivity index (χ1n) is 4.88. The van der Waals surface area contributed by atoms with Crippen molar-refractivity contribution in [3.8, 4) is 0 Å². The van der Waals surface area contributed by atoms with Crippen LogP contribution in [-0.4, -0.2) is 20.7 Å². The average Bonchev–Trinajstić information content (AvgIpc) is 2.36. The summed E-state index contributed by atoms with van der Waals surface area (Å²) in [6.45, 7) is 4.77. The van der Waals surface area contributed by atoms with E-state index in [1.165, 1.54) is 25.3 Å². The van der Waals surface area contributed by atoms with Crippen LogP contribution in [0.2, 0.25) is 19.1 Å². The van der Waals surface area contributed by atoms with Gasteiger partial charge in [-0.2, -0.15) is 0 Å². The second-order valence-electron chi connectivity index (χ2n) is 4.54. The average molecular weight is 206 g/mol. The number of alkyl halides is 1. The van der Waals surface area contributed by atoms with Crippen LogP contribution >= 0.6 is 11.6 Å². The highest BCUT2D eigenvalue weighted by atomic mass is 35.5. The zero-order chi connectivity index (χ0) is 9.19. The summed E-state index contributed by atoms with van der Waals surface area (Å²) in [5, 5.41) is 0.463. The Morgan fingerprint density at radius 2 is 2.08 bits per heavy atom. The molecule has 3 heteroatoms. The maximum Gasteiger partial charge on any atom is 0.119 e. The molecule has 2 atom stereocenters. The number of rotatable bonds is 3. The van der Waals surface area contributed by atoms with Gasteiger partial charge in [0.05, 0.1) is 0 Å². The maximum atomic E-state index is 6.24. The Balaban J connectivity index is 2.39. The molecule has 1 aliphatic carbocycles. The standard InChI is InChI=1S/C9H20ClNSi/c1-11-12(2,3)7-8-5-4-6-9(8)10/h8-9,11H,4-7H2,1-3H3. The Hall–Kier alpha value is 0.467. The summed E-state index contributed by atoms with van der Waals surface area (Å²) in [6, 6.07) is 1.34. The molecule has 1 saturated carbocycles. The summed E-state index contributed by atoms with van der Waals surface area (Å²) < 4.78 is 0. The molecule has 1 N–H and O–H groups in total. The van der Waals surface area contributed by atoms with E-state index in [0.29, 0.717) is 5.38 Å². The first kappa shape index (κ1) is 10.5. The minimum Gasteiger partial charge on any atom is -0.340 e. The molecule has 0 aliphatic heterocycles. The number of nitrogens with one attached hydrogen (secondary N) is 1. The molecule has 0 radical (unpaired) electrons. The van der Waals surface area contributed by atoms with E-state index in [-0.39, 0.29) is 0 Å². The van der Waals surface area contributed by atoms with Gasteiger partial charge < -0.3 is 4.98 Å². The summed E-state index contributed by atoms with van der Waals surface area (Å²) in [7, 11) is 0.969. The lowest BCUT2D eigenvalue weighted by Gasteiger charge is -2.26.